The van der Waals surface area contributed by atoms with Gasteiger partial charge in [-0.3, -0.25) is 34.2 Å². The Hall–Kier alpha value is -4.23. The number of carbonyl (C=O) groups excluding carboxylic acids is 7. The zero-order valence-corrected chi connectivity index (χ0v) is 39.0. The van der Waals surface area contributed by atoms with Crippen LogP contribution in [0.2, 0.25) is 5.02 Å². The molecule has 3 saturated heterocycles. The number of amides is 5. The van der Waals surface area contributed by atoms with E-state index in [1.54, 1.807) is 32.2 Å². The Kier molecular flexibility index (Phi) is 15.5. The Labute approximate surface area is 384 Å². The van der Waals surface area contributed by atoms with E-state index in [2.05, 4.69) is 5.32 Å². The molecule has 1 aromatic rings. The number of nitrogens with zero attached hydrogens (tertiary/aromatic N) is 3. The molecule has 4 aliphatic heterocycles. The first-order valence-electron chi connectivity index (χ1n) is 21.7. The molecule has 5 aliphatic rings. The van der Waals surface area contributed by atoms with Crippen LogP contribution in [0.4, 0.5) is 10.5 Å². The third kappa shape index (κ3) is 10.3. The maximum atomic E-state index is 14.5. The maximum absolute atomic E-state index is 14.5. The Morgan fingerprint density at radius 2 is 1.84 bits per heavy atom. The predicted octanol–water partition coefficient (Wildman–Crippen LogP) is 3.90. The van der Waals surface area contributed by atoms with E-state index in [1.165, 1.54) is 47.7 Å². The number of imide groups is 1. The van der Waals surface area contributed by atoms with E-state index in [4.69, 9.17) is 38.4 Å². The second-order valence-corrected chi connectivity index (χ2v) is 19.3. The number of likely N-dealkylation sites (N-methyl/N-ethyl adjacent to an activating group) is 1. The lowest BCUT2D eigenvalue weighted by molar-refractivity contribution is -0.142. The van der Waals surface area contributed by atoms with Crippen LogP contribution in [0.25, 0.3) is 0 Å². The second-order valence-electron chi connectivity index (χ2n) is 17.6. The molecule has 1 aromatic carbocycles. The summed E-state index contributed by atoms with van der Waals surface area (Å²) >= 11 is 8.02. The molecule has 6 rings (SSSR count). The fourth-order valence-corrected chi connectivity index (χ4v) is 10.9. The zero-order chi connectivity index (χ0) is 46.8. The average Bonchev–Trinajstić information content (AvgIpc) is 4.11. The van der Waals surface area contributed by atoms with Gasteiger partial charge in [0.2, 0.25) is 23.6 Å². The molecule has 1 aliphatic carbocycles. The summed E-state index contributed by atoms with van der Waals surface area (Å²) in [5.41, 5.74) is -1.21. The summed E-state index contributed by atoms with van der Waals surface area (Å²) in [5, 5.41) is 14.0. The number of hydrogen-bond acceptors (Lipinski definition) is 13. The largest absolute Gasteiger partial charge is 0.495 e. The molecule has 64 heavy (non-hydrogen) atoms. The number of thioether (sulfide) groups is 1. The number of carbonyl (C=O) groups is 7. The number of epoxide rings is 1. The van der Waals surface area contributed by atoms with Crippen molar-refractivity contribution >= 4 is 78.1 Å². The highest BCUT2D eigenvalue weighted by molar-refractivity contribution is 8.00. The number of allylic oxidation sites excluding steroid dienone is 3. The van der Waals surface area contributed by atoms with Gasteiger partial charge in [-0.05, 0) is 57.2 Å². The van der Waals surface area contributed by atoms with E-state index in [9.17, 15) is 38.7 Å². The van der Waals surface area contributed by atoms with Crippen molar-refractivity contribution in [3.8, 4) is 5.75 Å². The summed E-state index contributed by atoms with van der Waals surface area (Å²) in [4.78, 5) is 96.0. The van der Waals surface area contributed by atoms with E-state index >= 15 is 0 Å². The molecule has 2 radical (unpaired) electrons. The number of rotatable bonds is 15. The fraction of sp³-hybridized carbons (Fsp3) is 0.622. The minimum Gasteiger partial charge on any atom is -0.495 e. The number of Topliss-reactive ketones (excluding diaryl/α,β-unsaturated/α-hetero) is 1. The summed E-state index contributed by atoms with van der Waals surface area (Å²) < 4.78 is 23.4. The maximum Gasteiger partial charge on any atom is 0.409 e. The van der Waals surface area contributed by atoms with Crippen LogP contribution in [-0.2, 0) is 49.4 Å². The Morgan fingerprint density at radius 1 is 1.11 bits per heavy atom. The molecule has 2 N–H and O–H groups in total. The van der Waals surface area contributed by atoms with Gasteiger partial charge in [-0.1, -0.05) is 48.7 Å². The van der Waals surface area contributed by atoms with E-state index in [0.717, 1.165) is 11.1 Å². The molecule has 5 amide bonds. The van der Waals surface area contributed by atoms with Crippen LogP contribution in [0, 0.1) is 17.8 Å². The molecule has 1 spiro atoms. The molecule has 4 heterocycles. The SMILES string of the molecule is [B]C(=O)CCCCCN1C(=O)CC(SCCC(=O)N(C)[C@@H](C)C(=O)C2C3CC(=O)N(C)c4cc(cc(OC)c4Cl)C/C(C)=C/C=C/[C@@H](OC)[C@@]4(O)C[C@H](OC(=O)N4)[C@@H](C)[C@@H]4O[C@]324)C1=O. The van der Waals surface area contributed by atoms with Crippen molar-refractivity contribution in [2.45, 2.75) is 119 Å². The number of nitrogens with one attached hydrogen (secondary N) is 1. The fourth-order valence-electron chi connectivity index (χ4n) is 9.45. The minimum atomic E-state index is -1.86. The smallest absolute Gasteiger partial charge is 0.409 e. The highest BCUT2D eigenvalue weighted by atomic mass is 35.5. The van der Waals surface area contributed by atoms with Crippen molar-refractivity contribution in [3.05, 3.63) is 46.5 Å². The standard InChI is InChI=1S/C45H58BClN4O12S/c1-24-12-11-13-33(61-7)44(59)23-31(62-43(58)48-44)25(2)41-45(63-41)28(21-36(54)50(5)29-19-27(18-24)20-30(60-6)39(29)47)38(45)40(56)26(3)49(4)35(53)15-17-64-32-22-37(55)51(42(32)57)16-10-8-9-14-34(46)52/h11-13,19-20,25-26,28,31-33,38,41,59H,8-10,14-18,21-23H2,1-7H3,(H,48,58)/b13-11+,24-12+/t25-,26+,28?,31+,32?,33-,38?,41+,44+,45-/m1/s1. The molecule has 19 heteroatoms. The van der Waals surface area contributed by atoms with Crippen molar-refractivity contribution in [2.24, 2.45) is 17.8 Å². The molecule has 1 saturated carbocycles. The van der Waals surface area contributed by atoms with Crippen LogP contribution in [-0.4, -0.2) is 145 Å². The van der Waals surface area contributed by atoms with Crippen molar-refractivity contribution in [1.82, 2.24) is 15.1 Å². The third-order valence-corrected chi connectivity index (χ3v) is 15.0. The van der Waals surface area contributed by atoms with Gasteiger partial charge in [0, 0.05) is 71.0 Å². The van der Waals surface area contributed by atoms with Crippen molar-refractivity contribution in [3.63, 3.8) is 0 Å². The number of ether oxygens (including phenoxy) is 4. The van der Waals surface area contributed by atoms with E-state index in [-0.39, 0.29) is 78.8 Å². The lowest BCUT2D eigenvalue weighted by atomic mass is 9.87. The molecule has 3 unspecified atom stereocenters. The van der Waals surface area contributed by atoms with Crippen molar-refractivity contribution in [2.75, 3.05) is 45.5 Å². The molecular weight excluding hydrogens is 867 g/mol. The molecule has 4 bridgehead atoms. The monoisotopic (exact) mass is 924 g/mol. The molecular formula is C45H58BClN4O12S. The van der Waals surface area contributed by atoms with Crippen molar-refractivity contribution < 1.29 is 57.6 Å². The first kappa shape index (κ1) is 49.2. The normalized spacial score (nSPS) is 32.0. The second kappa shape index (κ2) is 20.1. The number of unbranched alkanes of at least 4 members (excludes halogenated alkanes) is 2. The number of halogens is 1. The Balaban J connectivity index is 1.18. The molecule has 4 fully saturated rings. The number of likely N-dealkylation sites (tertiary alicyclic amines) is 1. The topological polar surface area (TPSA) is 202 Å². The van der Waals surface area contributed by atoms with Crippen molar-refractivity contribution in [1.29, 1.82) is 0 Å². The highest BCUT2D eigenvalue weighted by Gasteiger charge is 2.84. The molecule has 10 atom stereocenters. The predicted molar refractivity (Wildman–Crippen MR) is 239 cm³/mol. The zero-order valence-electron chi connectivity index (χ0n) is 37.4. The van der Waals surface area contributed by atoms with Gasteiger partial charge in [-0.25, -0.2) is 4.79 Å². The number of benzene rings is 1. The van der Waals surface area contributed by atoms with Gasteiger partial charge in [0.1, 0.15) is 28.6 Å². The van der Waals surface area contributed by atoms with Gasteiger partial charge in [0.25, 0.3) is 0 Å². The summed E-state index contributed by atoms with van der Waals surface area (Å²) in [6.07, 6.45) is 4.27. The quantitative estimate of drug-likeness (QED) is 0.111. The molecule has 0 aromatic heterocycles. The number of fused-ring (bicyclic) bond motifs is 4. The Bertz CT molecular complexity index is 2110. The summed E-state index contributed by atoms with van der Waals surface area (Å²) in [6.45, 7) is 5.61. The van der Waals surface area contributed by atoms with E-state index < -0.39 is 70.5 Å². The Morgan fingerprint density at radius 3 is 2.53 bits per heavy atom. The van der Waals surface area contributed by atoms with Crippen LogP contribution in [0.5, 0.6) is 5.75 Å². The van der Waals surface area contributed by atoms with Gasteiger partial charge >= 0.3 is 6.09 Å². The van der Waals surface area contributed by atoms with Crippen LogP contribution in [0.3, 0.4) is 0 Å². The third-order valence-electron chi connectivity index (χ3n) is 13.4. The van der Waals surface area contributed by atoms with Crippen LogP contribution >= 0.6 is 23.4 Å². The summed E-state index contributed by atoms with van der Waals surface area (Å²) in [7, 11) is 11.2. The highest BCUT2D eigenvalue weighted by Crippen LogP contribution is 2.71. The van der Waals surface area contributed by atoms with Gasteiger partial charge in [-0.15, -0.1) is 11.8 Å². The number of aliphatic hydroxyl groups is 1. The number of anilines is 1. The van der Waals surface area contributed by atoms with E-state index in [0.29, 0.717) is 37.1 Å². The number of alkyl carbamates (subject to hydrolysis) is 1. The van der Waals surface area contributed by atoms with Gasteiger partial charge < -0.3 is 38.6 Å². The number of ketones is 1. The van der Waals surface area contributed by atoms with Gasteiger partial charge in [0.05, 0.1) is 41.8 Å². The summed E-state index contributed by atoms with van der Waals surface area (Å²) in [5.74, 6) is -2.91. The number of methoxy groups -OCH3 is 2. The molecule has 16 nitrogen and oxygen atoms in total. The summed E-state index contributed by atoms with van der Waals surface area (Å²) in [6, 6.07) is 2.68. The minimum absolute atomic E-state index is 0.00278. The van der Waals surface area contributed by atoms with Crippen LogP contribution < -0.4 is 15.0 Å². The van der Waals surface area contributed by atoms with Gasteiger partial charge in [0.15, 0.2) is 19.4 Å². The van der Waals surface area contributed by atoms with Crippen LogP contribution in [0.1, 0.15) is 77.7 Å². The molecule has 346 valence electrons. The lowest BCUT2D eigenvalue weighted by Gasteiger charge is -2.41. The average molecular weight is 925 g/mol. The van der Waals surface area contributed by atoms with E-state index in [1.807, 2.05) is 26.0 Å². The lowest BCUT2D eigenvalue weighted by Crippen LogP contribution is -2.63. The first-order chi connectivity index (χ1) is 30.3. The number of hydrogen-bond donors (Lipinski definition) is 2. The van der Waals surface area contributed by atoms with Crippen LogP contribution in [0.15, 0.2) is 35.9 Å². The van der Waals surface area contributed by atoms with Gasteiger partial charge in [-0.2, -0.15) is 0 Å². The first-order valence-corrected chi connectivity index (χ1v) is 23.1.